The molecule has 1 saturated heterocycles. The summed E-state index contributed by atoms with van der Waals surface area (Å²) in [6, 6.07) is 16.1. The number of aryl methyl sites for hydroxylation is 1. The molecule has 1 heterocycles. The largest absolute Gasteiger partial charge is 0.390 e. The van der Waals surface area contributed by atoms with Gasteiger partial charge in [0.15, 0.2) is 29.1 Å². The number of hydrogen-bond acceptors (Lipinski definition) is 7. The quantitative estimate of drug-likeness (QED) is 0.380. The number of alkyl halides is 2. The molecule has 0 radical (unpaired) electrons. The number of aliphatic hydroxyl groups is 2. The Balaban J connectivity index is 1.18. The van der Waals surface area contributed by atoms with E-state index >= 15 is 8.78 Å². The van der Waals surface area contributed by atoms with Gasteiger partial charge >= 0.3 is 0 Å². The lowest BCUT2D eigenvalue weighted by Crippen LogP contribution is -2.70. The summed E-state index contributed by atoms with van der Waals surface area (Å²) in [5, 5.41) is 21.9. The zero-order chi connectivity index (χ0) is 31.9. The van der Waals surface area contributed by atoms with Crippen molar-refractivity contribution in [2.75, 3.05) is 6.61 Å². The molecular weight excluding hydrogens is 598 g/mol. The lowest BCUT2D eigenvalue weighted by Gasteiger charge is -2.63. The molecule has 2 N–H and O–H groups in total. The molecule has 9 heteroatoms. The van der Waals surface area contributed by atoms with E-state index in [1.54, 1.807) is 25.6 Å². The number of allylic oxidation sites excluding steroid dienone is 4. The second kappa shape index (κ2) is 10.7. The molecule has 2 aromatic carbocycles. The fraction of sp³-hybridized carbons (Fsp3) is 0.500. The Kier molecular flexibility index (Phi) is 7.34. The molecule has 45 heavy (non-hydrogen) atoms. The van der Waals surface area contributed by atoms with Crippen LogP contribution in [0.1, 0.15) is 56.1 Å². The zero-order valence-corrected chi connectivity index (χ0v) is 26.4. The van der Waals surface area contributed by atoms with Crippen LogP contribution in [0.15, 0.2) is 77.2 Å². The summed E-state index contributed by atoms with van der Waals surface area (Å²) in [7, 11) is 0. The topological polar surface area (TPSA) is 93.1 Å². The van der Waals surface area contributed by atoms with E-state index in [1.807, 2.05) is 30.3 Å². The van der Waals surface area contributed by atoms with Gasteiger partial charge in [-0.2, -0.15) is 0 Å². The van der Waals surface area contributed by atoms with E-state index in [0.29, 0.717) is 5.56 Å². The van der Waals surface area contributed by atoms with Crippen molar-refractivity contribution in [3.05, 3.63) is 89.0 Å². The van der Waals surface area contributed by atoms with Crippen LogP contribution in [0, 0.1) is 29.6 Å². The smallest absolute Gasteiger partial charge is 0.193 e. The maximum atomic E-state index is 17.6. The Bertz CT molecular complexity index is 1610. The van der Waals surface area contributed by atoms with Crippen LogP contribution in [0.25, 0.3) is 0 Å². The minimum Gasteiger partial charge on any atom is -0.390 e. The number of rotatable bonds is 6. The van der Waals surface area contributed by atoms with Gasteiger partial charge in [0.2, 0.25) is 0 Å². The molecule has 6 nitrogen and oxygen atoms in total. The number of carbonyl (C=O) groups excluding carboxylic acids is 2. The van der Waals surface area contributed by atoms with Gasteiger partial charge in [-0.1, -0.05) is 55.0 Å². The number of fused-ring (bicyclic) bond motifs is 7. The van der Waals surface area contributed by atoms with Crippen molar-refractivity contribution < 1.29 is 38.1 Å². The molecule has 3 saturated carbocycles. The molecule has 10 atom stereocenters. The molecule has 0 amide bonds. The van der Waals surface area contributed by atoms with Gasteiger partial charge in [0, 0.05) is 33.0 Å². The summed E-state index contributed by atoms with van der Waals surface area (Å²) in [6.45, 7) is 4.58. The lowest BCUT2D eigenvalue weighted by molar-refractivity contribution is -0.235. The van der Waals surface area contributed by atoms with Crippen LogP contribution in [0.5, 0.6) is 0 Å². The predicted octanol–water partition coefficient (Wildman–Crippen LogP) is 5.93. The first kappa shape index (κ1) is 30.9. The molecule has 0 bridgehead atoms. The van der Waals surface area contributed by atoms with Crippen molar-refractivity contribution in [2.24, 2.45) is 22.7 Å². The average Bonchev–Trinajstić information content (AvgIpc) is 3.52. The Morgan fingerprint density at radius 2 is 1.87 bits per heavy atom. The van der Waals surface area contributed by atoms with Crippen molar-refractivity contribution in [3.8, 4) is 0 Å². The Hall–Kier alpha value is -2.69. The summed E-state index contributed by atoms with van der Waals surface area (Å²) in [5.41, 5.74) is -3.56. The second-order valence-electron chi connectivity index (χ2n) is 13.8. The van der Waals surface area contributed by atoms with E-state index in [1.165, 1.54) is 22.6 Å². The summed E-state index contributed by atoms with van der Waals surface area (Å²) < 4.78 is 46.4. The molecule has 5 aliphatic rings. The molecular formula is C36H38F2O6S. The standard InChI is InChI=1S/C36H38F2O6S/c1-20-5-4-6-24(13-20)45-19-21-7-9-22(10-8-21)32-43-31-16-25-26-15-28(37)27-14-23(40)11-12-33(27,2)35(26,38)29(41)17-34(25,3)36(31,44-32)30(42)18-39/h4-14,25-26,28-29,31-32,39,41H,15-19H2,1-3H3/t25-,26-,28-,29-,31+,32+,33-,34-,35-,36+/m0/s1. The van der Waals surface area contributed by atoms with Crippen LogP contribution in [0.3, 0.4) is 0 Å². The van der Waals surface area contributed by atoms with Gasteiger partial charge < -0.3 is 19.7 Å². The van der Waals surface area contributed by atoms with E-state index in [2.05, 4.69) is 25.1 Å². The van der Waals surface area contributed by atoms with E-state index in [4.69, 9.17) is 9.47 Å². The monoisotopic (exact) mass is 636 g/mol. The van der Waals surface area contributed by atoms with Crippen LogP contribution in [-0.2, 0) is 24.8 Å². The second-order valence-corrected chi connectivity index (χ2v) is 14.9. The number of benzene rings is 2. The lowest BCUT2D eigenvalue weighted by atomic mass is 9.44. The van der Waals surface area contributed by atoms with Crippen LogP contribution in [-0.4, -0.2) is 58.0 Å². The molecule has 0 aromatic heterocycles. The van der Waals surface area contributed by atoms with E-state index in [0.717, 1.165) is 17.4 Å². The third kappa shape index (κ3) is 4.27. The average molecular weight is 637 g/mol. The van der Waals surface area contributed by atoms with E-state index in [9.17, 15) is 19.8 Å². The maximum Gasteiger partial charge on any atom is 0.193 e. The van der Waals surface area contributed by atoms with E-state index < -0.39 is 76.8 Å². The number of thioether (sulfide) groups is 1. The number of aliphatic hydroxyl groups excluding tert-OH is 2. The molecule has 238 valence electrons. The van der Waals surface area contributed by atoms with Crippen LogP contribution in [0.4, 0.5) is 8.78 Å². The van der Waals surface area contributed by atoms with Gasteiger partial charge in [0.05, 0.1) is 12.2 Å². The number of ether oxygens (including phenoxy) is 2. The number of halogens is 2. The first-order valence-corrected chi connectivity index (χ1v) is 16.6. The van der Waals surface area contributed by atoms with Crippen LogP contribution < -0.4 is 0 Å². The minimum absolute atomic E-state index is 0.0454. The summed E-state index contributed by atoms with van der Waals surface area (Å²) in [4.78, 5) is 27.0. The first-order valence-electron chi connectivity index (χ1n) is 15.6. The van der Waals surface area contributed by atoms with Crippen LogP contribution in [0.2, 0.25) is 0 Å². The third-order valence-corrected chi connectivity index (χ3v) is 12.6. The normalized spacial score (nSPS) is 41.6. The highest BCUT2D eigenvalue weighted by Gasteiger charge is 2.80. The molecule has 0 unspecified atom stereocenters. The highest BCUT2D eigenvalue weighted by Crippen LogP contribution is 2.72. The predicted molar refractivity (Wildman–Crippen MR) is 165 cm³/mol. The Labute approximate surface area is 265 Å². The first-order chi connectivity index (χ1) is 21.4. The summed E-state index contributed by atoms with van der Waals surface area (Å²) in [6.07, 6.45) is -1.30. The highest BCUT2D eigenvalue weighted by atomic mass is 32.2. The zero-order valence-electron chi connectivity index (χ0n) is 25.5. The SMILES string of the molecule is Cc1cccc(SCc2ccc([C@@H]3O[C@@H]4C[C@H]5[C@@H]6C[C@H](F)C7=CC(=O)C=C[C@]7(C)[C@@]6(F)[C@@H](O)C[C@]5(C)[C@]4(C(=O)CO)O3)cc2)c1. The molecule has 0 spiro atoms. The summed E-state index contributed by atoms with van der Waals surface area (Å²) >= 11 is 1.73. The van der Waals surface area contributed by atoms with E-state index in [-0.39, 0.29) is 24.8 Å². The maximum absolute atomic E-state index is 17.6. The molecule has 4 fully saturated rings. The Morgan fingerprint density at radius 3 is 2.58 bits per heavy atom. The molecule has 4 aliphatic carbocycles. The Morgan fingerprint density at radius 1 is 1.11 bits per heavy atom. The van der Waals surface area contributed by atoms with Crippen LogP contribution >= 0.6 is 11.8 Å². The van der Waals surface area contributed by atoms with Crippen molar-refractivity contribution in [1.82, 2.24) is 0 Å². The number of hydrogen-bond donors (Lipinski definition) is 2. The minimum atomic E-state index is -2.28. The van der Waals surface area contributed by atoms with Gasteiger partial charge in [0.25, 0.3) is 0 Å². The molecule has 7 rings (SSSR count). The highest BCUT2D eigenvalue weighted by molar-refractivity contribution is 7.98. The summed E-state index contributed by atoms with van der Waals surface area (Å²) in [5.74, 6) is -1.80. The molecule has 2 aromatic rings. The van der Waals surface area contributed by atoms with Crippen molar-refractivity contribution in [3.63, 3.8) is 0 Å². The molecule has 1 aliphatic heterocycles. The number of ketones is 2. The van der Waals surface area contributed by atoms with Gasteiger partial charge in [-0.25, -0.2) is 8.78 Å². The van der Waals surface area contributed by atoms with Crippen molar-refractivity contribution in [1.29, 1.82) is 0 Å². The fourth-order valence-electron chi connectivity index (χ4n) is 9.36. The van der Waals surface area contributed by atoms with Gasteiger partial charge in [-0.3, -0.25) is 9.59 Å². The van der Waals surface area contributed by atoms with Gasteiger partial charge in [-0.15, -0.1) is 11.8 Å². The van der Waals surface area contributed by atoms with Crippen molar-refractivity contribution in [2.45, 2.75) is 86.6 Å². The third-order valence-electron chi connectivity index (χ3n) is 11.6. The fourth-order valence-corrected chi connectivity index (χ4v) is 10.3. The van der Waals surface area contributed by atoms with Gasteiger partial charge in [0.1, 0.15) is 12.8 Å². The van der Waals surface area contributed by atoms with Crippen molar-refractivity contribution >= 4 is 23.3 Å². The number of carbonyl (C=O) groups is 2. The number of Topliss-reactive ketones (excluding diaryl/α,β-unsaturated/α-hetero) is 1. The van der Waals surface area contributed by atoms with Gasteiger partial charge in [-0.05, 0) is 74.4 Å².